The fraction of sp³-hybridized carbons (Fsp3) is 0.412. The van der Waals surface area contributed by atoms with Crippen LogP contribution in [-0.4, -0.2) is 46.1 Å². The van der Waals surface area contributed by atoms with Gasteiger partial charge in [0.2, 0.25) is 0 Å². The number of hydrogen-bond donors (Lipinski definition) is 2. The third-order valence-electron chi connectivity index (χ3n) is 4.41. The number of urea groups is 1. The van der Waals surface area contributed by atoms with E-state index in [2.05, 4.69) is 20.2 Å². The first-order chi connectivity index (χ1) is 12.5. The molecule has 138 valence electrons. The molecule has 0 spiro atoms. The lowest BCUT2D eigenvalue weighted by molar-refractivity contribution is 0.0942. The van der Waals surface area contributed by atoms with Crippen molar-refractivity contribution in [3.05, 3.63) is 40.7 Å². The van der Waals surface area contributed by atoms with Crippen LogP contribution in [0.15, 0.2) is 24.3 Å². The van der Waals surface area contributed by atoms with Crippen molar-refractivity contribution < 1.29 is 14.0 Å². The van der Waals surface area contributed by atoms with Crippen molar-refractivity contribution in [3.8, 4) is 0 Å². The van der Waals surface area contributed by atoms with E-state index < -0.39 is 0 Å². The first kappa shape index (κ1) is 18.2. The van der Waals surface area contributed by atoms with E-state index in [1.54, 1.807) is 11.8 Å². The van der Waals surface area contributed by atoms with Gasteiger partial charge in [-0.1, -0.05) is 4.49 Å². The zero-order valence-electron chi connectivity index (χ0n) is 14.4. The molecule has 0 unspecified atom stereocenters. The van der Waals surface area contributed by atoms with Crippen LogP contribution in [-0.2, 0) is 0 Å². The van der Waals surface area contributed by atoms with E-state index in [1.807, 2.05) is 0 Å². The Hall–Kier alpha value is -2.55. The number of halogens is 1. The molecule has 7 nitrogen and oxygen atoms in total. The fourth-order valence-corrected chi connectivity index (χ4v) is 3.41. The van der Waals surface area contributed by atoms with Crippen LogP contribution in [0.2, 0.25) is 0 Å². The predicted molar refractivity (Wildman–Crippen MR) is 96.7 cm³/mol. The average molecular weight is 377 g/mol. The number of aromatic nitrogens is 2. The van der Waals surface area contributed by atoms with Crippen molar-refractivity contribution in [2.45, 2.75) is 19.8 Å². The molecule has 3 amide bonds. The van der Waals surface area contributed by atoms with Crippen LogP contribution < -0.4 is 10.6 Å². The minimum atomic E-state index is -0.338. The van der Waals surface area contributed by atoms with E-state index in [0.717, 1.165) is 24.4 Å². The van der Waals surface area contributed by atoms with Gasteiger partial charge >= 0.3 is 6.03 Å². The van der Waals surface area contributed by atoms with Gasteiger partial charge in [-0.05, 0) is 61.5 Å². The van der Waals surface area contributed by atoms with Crippen LogP contribution in [0.3, 0.4) is 0 Å². The van der Waals surface area contributed by atoms with Crippen LogP contribution in [0, 0.1) is 18.7 Å². The molecule has 1 aliphatic rings. The standard InChI is InChI=1S/C17H20FN5O2S/c1-11-15(26-22-21-11)16(24)19-10-12-6-8-23(9-7-12)17(25)20-14-4-2-13(18)3-5-14/h2-5,12H,6-10H2,1H3,(H,19,24)(H,20,25). The van der Waals surface area contributed by atoms with Gasteiger partial charge in [0.05, 0.1) is 5.69 Å². The number of benzene rings is 1. The second kappa shape index (κ2) is 8.22. The summed E-state index contributed by atoms with van der Waals surface area (Å²) in [4.78, 5) is 26.6. The summed E-state index contributed by atoms with van der Waals surface area (Å²) in [6.07, 6.45) is 1.63. The van der Waals surface area contributed by atoms with Crippen molar-refractivity contribution in [2.24, 2.45) is 5.92 Å². The van der Waals surface area contributed by atoms with Crippen molar-refractivity contribution >= 4 is 29.2 Å². The summed E-state index contributed by atoms with van der Waals surface area (Å²) in [5, 5.41) is 9.53. The normalized spacial score (nSPS) is 14.9. The van der Waals surface area contributed by atoms with Crippen LogP contribution in [0.1, 0.15) is 28.2 Å². The highest BCUT2D eigenvalue weighted by atomic mass is 32.1. The van der Waals surface area contributed by atoms with E-state index in [9.17, 15) is 14.0 Å². The summed E-state index contributed by atoms with van der Waals surface area (Å²) in [6, 6.07) is 5.50. The Morgan fingerprint density at radius 1 is 1.27 bits per heavy atom. The minimum absolute atomic E-state index is 0.144. The molecule has 3 rings (SSSR count). The Balaban J connectivity index is 1.42. The Labute approximate surface area is 154 Å². The largest absolute Gasteiger partial charge is 0.351 e. The summed E-state index contributed by atoms with van der Waals surface area (Å²) < 4.78 is 16.7. The van der Waals surface area contributed by atoms with Crippen LogP contribution in [0.25, 0.3) is 0 Å². The number of piperidine rings is 1. The summed E-state index contributed by atoms with van der Waals surface area (Å²) in [5.41, 5.74) is 1.21. The van der Waals surface area contributed by atoms with Crippen LogP contribution >= 0.6 is 11.5 Å². The topological polar surface area (TPSA) is 87.2 Å². The molecule has 0 radical (unpaired) electrons. The van der Waals surface area contributed by atoms with E-state index in [4.69, 9.17) is 0 Å². The molecular weight excluding hydrogens is 357 g/mol. The van der Waals surface area contributed by atoms with Crippen LogP contribution in [0.5, 0.6) is 0 Å². The van der Waals surface area contributed by atoms with Gasteiger partial charge in [0, 0.05) is 25.3 Å². The third-order valence-corrected chi connectivity index (χ3v) is 5.23. The molecule has 2 aromatic rings. The van der Waals surface area contributed by atoms with Gasteiger partial charge in [-0.15, -0.1) is 5.10 Å². The van der Waals surface area contributed by atoms with E-state index >= 15 is 0 Å². The third kappa shape index (κ3) is 4.54. The summed E-state index contributed by atoms with van der Waals surface area (Å²) in [7, 11) is 0. The highest BCUT2D eigenvalue weighted by molar-refractivity contribution is 7.07. The van der Waals surface area contributed by atoms with Gasteiger partial charge < -0.3 is 15.5 Å². The highest BCUT2D eigenvalue weighted by Gasteiger charge is 2.24. The molecule has 0 atom stereocenters. The number of hydrogen-bond acceptors (Lipinski definition) is 5. The lowest BCUT2D eigenvalue weighted by Gasteiger charge is -2.32. The summed E-state index contributed by atoms with van der Waals surface area (Å²) in [6.45, 7) is 3.57. The zero-order chi connectivity index (χ0) is 18.5. The highest BCUT2D eigenvalue weighted by Crippen LogP contribution is 2.18. The number of amides is 3. The quantitative estimate of drug-likeness (QED) is 0.858. The number of likely N-dealkylation sites (tertiary alicyclic amines) is 1. The maximum absolute atomic E-state index is 12.9. The number of carbonyl (C=O) groups excluding carboxylic acids is 2. The molecule has 2 heterocycles. The summed E-state index contributed by atoms with van der Waals surface area (Å²) >= 11 is 1.09. The summed E-state index contributed by atoms with van der Waals surface area (Å²) in [5.74, 6) is -0.154. The van der Waals surface area contributed by atoms with Gasteiger partial charge in [0.1, 0.15) is 10.7 Å². The maximum Gasteiger partial charge on any atom is 0.321 e. The molecular formula is C17H20FN5O2S. The molecule has 0 aliphatic carbocycles. The Bertz CT molecular complexity index is 772. The maximum atomic E-state index is 12.9. The monoisotopic (exact) mass is 377 g/mol. The second-order valence-corrected chi connectivity index (χ2v) is 7.02. The second-order valence-electron chi connectivity index (χ2n) is 6.26. The van der Waals surface area contributed by atoms with Crippen molar-refractivity contribution in [1.82, 2.24) is 19.8 Å². The SMILES string of the molecule is Cc1nnsc1C(=O)NCC1CCN(C(=O)Nc2ccc(F)cc2)CC1. The van der Waals surface area contributed by atoms with Gasteiger partial charge in [-0.25, -0.2) is 9.18 Å². The molecule has 0 saturated carbocycles. The molecule has 1 aromatic heterocycles. The molecule has 9 heteroatoms. The van der Waals surface area contributed by atoms with Gasteiger partial charge in [-0.3, -0.25) is 4.79 Å². The smallest absolute Gasteiger partial charge is 0.321 e. The number of rotatable bonds is 4. The Kier molecular flexibility index (Phi) is 5.77. The van der Waals surface area contributed by atoms with E-state index in [-0.39, 0.29) is 17.8 Å². The Morgan fingerprint density at radius 3 is 2.58 bits per heavy atom. The van der Waals surface area contributed by atoms with Crippen LogP contribution in [0.4, 0.5) is 14.9 Å². The van der Waals surface area contributed by atoms with Crippen molar-refractivity contribution in [2.75, 3.05) is 25.0 Å². The molecule has 1 fully saturated rings. The number of aryl methyl sites for hydroxylation is 1. The lowest BCUT2D eigenvalue weighted by Crippen LogP contribution is -2.43. The molecule has 1 aliphatic heterocycles. The van der Waals surface area contributed by atoms with E-state index in [1.165, 1.54) is 24.3 Å². The van der Waals surface area contributed by atoms with Crippen molar-refractivity contribution in [1.29, 1.82) is 0 Å². The Morgan fingerprint density at radius 2 is 1.96 bits per heavy atom. The van der Waals surface area contributed by atoms with Gasteiger partial charge in [-0.2, -0.15) is 0 Å². The number of carbonyl (C=O) groups is 2. The van der Waals surface area contributed by atoms with E-state index in [0.29, 0.717) is 41.8 Å². The molecule has 26 heavy (non-hydrogen) atoms. The molecule has 1 saturated heterocycles. The fourth-order valence-electron chi connectivity index (χ4n) is 2.83. The first-order valence-electron chi connectivity index (χ1n) is 8.41. The first-order valence-corrected chi connectivity index (χ1v) is 9.19. The lowest BCUT2D eigenvalue weighted by atomic mass is 9.97. The number of nitrogens with zero attached hydrogens (tertiary/aromatic N) is 3. The number of nitrogens with one attached hydrogen (secondary N) is 2. The van der Waals surface area contributed by atoms with Gasteiger partial charge in [0.15, 0.2) is 0 Å². The minimum Gasteiger partial charge on any atom is -0.351 e. The van der Waals surface area contributed by atoms with Crippen molar-refractivity contribution in [3.63, 3.8) is 0 Å². The molecule has 1 aromatic carbocycles. The average Bonchev–Trinajstić information content (AvgIpc) is 3.08. The number of anilines is 1. The molecule has 2 N–H and O–H groups in total. The molecule has 0 bridgehead atoms. The zero-order valence-corrected chi connectivity index (χ0v) is 15.2. The predicted octanol–water partition coefficient (Wildman–Crippen LogP) is 2.66. The van der Waals surface area contributed by atoms with Gasteiger partial charge in [0.25, 0.3) is 5.91 Å².